The first-order chi connectivity index (χ1) is 6.42. The minimum atomic E-state index is -3.20. The van der Waals surface area contributed by atoms with E-state index in [2.05, 4.69) is 9.68 Å². The summed E-state index contributed by atoms with van der Waals surface area (Å²) in [4.78, 5) is 10.8. The molecule has 1 aromatic rings. The molecule has 1 saturated carbocycles. The van der Waals surface area contributed by atoms with E-state index < -0.39 is 23.7 Å². The van der Waals surface area contributed by atoms with Crippen molar-refractivity contribution in [2.75, 3.05) is 0 Å². The number of halogens is 2. The highest BCUT2D eigenvalue weighted by molar-refractivity contribution is 5.87. The molecule has 0 spiro atoms. The lowest BCUT2D eigenvalue weighted by Crippen LogP contribution is -2.27. The van der Waals surface area contributed by atoms with Gasteiger partial charge >= 0.3 is 5.97 Å². The summed E-state index contributed by atoms with van der Waals surface area (Å²) in [6.07, 6.45) is 0.363. The van der Waals surface area contributed by atoms with E-state index in [9.17, 15) is 13.6 Å². The smallest absolute Gasteiger partial charge is 0.320 e. The van der Waals surface area contributed by atoms with Crippen LogP contribution in [0.25, 0.3) is 0 Å². The summed E-state index contributed by atoms with van der Waals surface area (Å²) in [5, 5.41) is 12.1. The Hall–Kier alpha value is -1.46. The van der Waals surface area contributed by atoms with Gasteiger partial charge in [-0.05, 0) is 6.92 Å². The molecule has 76 valence electrons. The van der Waals surface area contributed by atoms with Crippen molar-refractivity contribution >= 4 is 5.97 Å². The van der Waals surface area contributed by atoms with E-state index in [0.717, 1.165) is 6.20 Å². The minimum absolute atomic E-state index is 0.0324. The number of hydrogen-bond acceptors (Lipinski definition) is 3. The van der Waals surface area contributed by atoms with Gasteiger partial charge in [0.15, 0.2) is 5.41 Å². The van der Waals surface area contributed by atoms with Crippen molar-refractivity contribution in [2.45, 2.75) is 24.7 Å². The Balaban J connectivity index is 2.52. The number of nitrogens with zero attached hydrogens (tertiary/aromatic N) is 1. The molecule has 14 heavy (non-hydrogen) atoms. The number of aromatic nitrogens is 1. The van der Waals surface area contributed by atoms with Gasteiger partial charge in [-0.25, -0.2) is 8.78 Å². The quantitative estimate of drug-likeness (QED) is 0.787. The molecule has 0 amide bonds. The number of hydrogen-bond donors (Lipinski definition) is 1. The zero-order chi connectivity index (χ0) is 10.6. The van der Waals surface area contributed by atoms with Gasteiger partial charge in [-0.15, -0.1) is 0 Å². The Kier molecular flexibility index (Phi) is 1.51. The molecule has 4 nitrogen and oxygen atoms in total. The first-order valence-electron chi connectivity index (χ1n) is 3.95. The summed E-state index contributed by atoms with van der Waals surface area (Å²) in [5.41, 5.74) is -2.15. The maximum atomic E-state index is 13.0. The monoisotopic (exact) mass is 203 g/mol. The third-order valence-corrected chi connectivity index (χ3v) is 2.56. The Morgan fingerprint density at radius 3 is 2.57 bits per heavy atom. The highest BCUT2D eigenvalue weighted by atomic mass is 19.3. The highest BCUT2D eigenvalue weighted by Crippen LogP contribution is 2.62. The van der Waals surface area contributed by atoms with Crippen molar-refractivity contribution in [2.24, 2.45) is 0 Å². The van der Waals surface area contributed by atoms with Gasteiger partial charge in [-0.2, -0.15) is 0 Å². The maximum absolute atomic E-state index is 13.0. The summed E-state index contributed by atoms with van der Waals surface area (Å²) in [7, 11) is 0. The second kappa shape index (κ2) is 2.31. The topological polar surface area (TPSA) is 63.3 Å². The largest absolute Gasteiger partial charge is 0.480 e. The van der Waals surface area contributed by atoms with Gasteiger partial charge in [0, 0.05) is 12.0 Å². The van der Waals surface area contributed by atoms with E-state index >= 15 is 0 Å². The summed E-state index contributed by atoms with van der Waals surface area (Å²) in [6.45, 7) is 1.42. The number of rotatable bonds is 2. The summed E-state index contributed by atoms with van der Waals surface area (Å²) < 4.78 is 30.6. The first-order valence-corrected chi connectivity index (χ1v) is 3.95. The Morgan fingerprint density at radius 1 is 1.71 bits per heavy atom. The number of carboxylic acids is 1. The van der Waals surface area contributed by atoms with Crippen molar-refractivity contribution in [3.8, 4) is 0 Å². The van der Waals surface area contributed by atoms with Crippen molar-refractivity contribution < 1.29 is 23.2 Å². The first kappa shape index (κ1) is 9.11. The molecule has 1 fully saturated rings. The van der Waals surface area contributed by atoms with Gasteiger partial charge in [-0.3, -0.25) is 4.79 Å². The van der Waals surface area contributed by atoms with Crippen molar-refractivity contribution in [1.82, 2.24) is 5.16 Å². The average molecular weight is 203 g/mol. The van der Waals surface area contributed by atoms with Crippen LogP contribution < -0.4 is 0 Å². The second-order valence-electron chi connectivity index (χ2n) is 3.39. The van der Waals surface area contributed by atoms with E-state index in [4.69, 9.17) is 5.11 Å². The van der Waals surface area contributed by atoms with Crippen LogP contribution in [0.5, 0.6) is 0 Å². The number of carbonyl (C=O) groups is 1. The van der Waals surface area contributed by atoms with E-state index in [1.807, 2.05) is 0 Å². The minimum Gasteiger partial charge on any atom is -0.480 e. The molecule has 1 aliphatic rings. The number of aliphatic carboxylic acids is 1. The SMILES string of the molecule is Cc1oncc1C1(C(=O)O)CC1(F)F. The van der Waals surface area contributed by atoms with Crippen LogP contribution in [0, 0.1) is 6.92 Å². The molecule has 1 aromatic heterocycles. The van der Waals surface area contributed by atoms with Gasteiger partial charge in [0.25, 0.3) is 5.92 Å². The van der Waals surface area contributed by atoms with Gasteiger partial charge in [0.1, 0.15) is 5.76 Å². The molecule has 0 aliphatic heterocycles. The molecule has 0 saturated heterocycles. The van der Waals surface area contributed by atoms with E-state index in [-0.39, 0.29) is 11.3 Å². The van der Waals surface area contributed by atoms with Crippen molar-refractivity contribution in [3.63, 3.8) is 0 Å². The molecule has 0 bridgehead atoms. The zero-order valence-electron chi connectivity index (χ0n) is 7.25. The molecule has 0 aromatic carbocycles. The summed E-state index contributed by atoms with van der Waals surface area (Å²) in [6, 6.07) is 0. The predicted octanol–water partition coefficient (Wildman–Crippen LogP) is 1.34. The Bertz CT molecular complexity index is 401. The fourth-order valence-electron chi connectivity index (χ4n) is 1.64. The molecule has 1 heterocycles. The third-order valence-electron chi connectivity index (χ3n) is 2.56. The second-order valence-corrected chi connectivity index (χ2v) is 3.39. The van der Waals surface area contributed by atoms with Crippen LogP contribution in [0.15, 0.2) is 10.7 Å². The van der Waals surface area contributed by atoms with Crippen LogP contribution in [0.4, 0.5) is 8.78 Å². The summed E-state index contributed by atoms with van der Waals surface area (Å²) in [5.74, 6) is -4.60. The van der Waals surface area contributed by atoms with E-state index in [0.29, 0.717) is 0 Å². The molecule has 0 radical (unpaired) electrons. The Labute approximate surface area is 77.5 Å². The van der Waals surface area contributed by atoms with Gasteiger partial charge in [0.05, 0.1) is 6.20 Å². The van der Waals surface area contributed by atoms with Crippen LogP contribution in [0.1, 0.15) is 17.7 Å². The molecule has 6 heteroatoms. The van der Waals surface area contributed by atoms with Gasteiger partial charge in [0.2, 0.25) is 0 Å². The van der Waals surface area contributed by atoms with Crippen LogP contribution in [0.2, 0.25) is 0 Å². The Morgan fingerprint density at radius 2 is 2.29 bits per heavy atom. The van der Waals surface area contributed by atoms with Crippen LogP contribution in [0.3, 0.4) is 0 Å². The highest BCUT2D eigenvalue weighted by Gasteiger charge is 2.78. The van der Waals surface area contributed by atoms with Crippen LogP contribution in [-0.2, 0) is 10.2 Å². The standard InChI is InChI=1S/C8H7F2NO3/c1-4-5(2-11-14-4)7(6(12)13)3-8(7,9)10/h2H,3H2,1H3,(H,12,13). The van der Waals surface area contributed by atoms with Crippen molar-refractivity contribution in [3.05, 3.63) is 17.5 Å². The molecule has 1 unspecified atom stereocenters. The lowest BCUT2D eigenvalue weighted by molar-refractivity contribution is -0.143. The molecular formula is C8H7F2NO3. The van der Waals surface area contributed by atoms with E-state index in [1.165, 1.54) is 6.92 Å². The van der Waals surface area contributed by atoms with Crippen molar-refractivity contribution in [1.29, 1.82) is 0 Å². The lowest BCUT2D eigenvalue weighted by atomic mass is 9.97. The molecule has 2 rings (SSSR count). The number of aryl methyl sites for hydroxylation is 1. The molecule has 1 aliphatic carbocycles. The summed E-state index contributed by atoms with van der Waals surface area (Å²) >= 11 is 0. The fraction of sp³-hybridized carbons (Fsp3) is 0.500. The molecule has 1 atom stereocenters. The van der Waals surface area contributed by atoms with E-state index in [1.54, 1.807) is 0 Å². The average Bonchev–Trinajstić information content (AvgIpc) is 2.44. The molecular weight excluding hydrogens is 196 g/mol. The normalized spacial score (nSPS) is 28.8. The predicted molar refractivity (Wildman–Crippen MR) is 40.1 cm³/mol. The lowest BCUT2D eigenvalue weighted by Gasteiger charge is -2.08. The number of alkyl halides is 2. The zero-order valence-corrected chi connectivity index (χ0v) is 7.25. The van der Waals surface area contributed by atoms with Gasteiger partial charge in [-0.1, -0.05) is 5.16 Å². The van der Waals surface area contributed by atoms with Gasteiger partial charge < -0.3 is 9.63 Å². The molecule has 1 N–H and O–H groups in total. The third kappa shape index (κ3) is 0.853. The number of carboxylic acid groups (broad SMARTS) is 1. The van der Waals surface area contributed by atoms with Crippen LogP contribution in [-0.4, -0.2) is 22.2 Å². The fourth-order valence-corrected chi connectivity index (χ4v) is 1.64. The van der Waals surface area contributed by atoms with Crippen LogP contribution >= 0.6 is 0 Å². The maximum Gasteiger partial charge on any atom is 0.320 e.